The van der Waals surface area contributed by atoms with Crippen molar-refractivity contribution < 1.29 is 9.59 Å². The van der Waals surface area contributed by atoms with E-state index in [1.807, 2.05) is 19.9 Å². The molecule has 1 heterocycles. The van der Waals surface area contributed by atoms with Crippen molar-refractivity contribution in [1.29, 1.82) is 0 Å². The highest BCUT2D eigenvalue weighted by Gasteiger charge is 2.11. The van der Waals surface area contributed by atoms with Crippen LogP contribution in [0.5, 0.6) is 0 Å². The number of nitrogens with zero attached hydrogens (tertiary/aromatic N) is 7. The summed E-state index contributed by atoms with van der Waals surface area (Å²) in [4.78, 5) is 27.6. The van der Waals surface area contributed by atoms with Gasteiger partial charge in [-0.1, -0.05) is 36.4 Å². The van der Waals surface area contributed by atoms with E-state index < -0.39 is 5.91 Å². The Hall–Kier alpha value is -4.04. The smallest absolute Gasteiger partial charge is 0.251 e. The minimum Gasteiger partial charge on any atom is -0.350 e. The molecule has 1 aromatic heterocycles. The molecule has 10 nitrogen and oxygen atoms in total. The lowest BCUT2D eigenvalue weighted by Crippen LogP contribution is -2.30. The van der Waals surface area contributed by atoms with Crippen LogP contribution in [0, 0.1) is 0 Å². The Morgan fingerprint density at radius 2 is 1.93 bits per heavy atom. The summed E-state index contributed by atoms with van der Waals surface area (Å²) in [5.41, 5.74) is 10.7. The van der Waals surface area contributed by atoms with E-state index in [1.165, 1.54) is 4.80 Å². The van der Waals surface area contributed by atoms with Gasteiger partial charge in [0.15, 0.2) is 0 Å². The zero-order valence-electron chi connectivity index (χ0n) is 15.9. The molecule has 2 aromatic carbocycles. The second-order valence-corrected chi connectivity index (χ2v) is 6.54. The Bertz CT molecular complexity index is 1080. The van der Waals surface area contributed by atoms with Gasteiger partial charge in [-0.2, -0.15) is 4.80 Å². The molecular formula is C19H18N8O2. The summed E-state index contributed by atoms with van der Waals surface area (Å²) in [6.07, 6.45) is 0. The minimum atomic E-state index is -0.637. The van der Waals surface area contributed by atoms with Crippen LogP contribution in [0.15, 0.2) is 53.6 Å². The molecule has 0 aliphatic heterocycles. The predicted octanol–water partition coefficient (Wildman–Crippen LogP) is 2.98. The third-order valence-electron chi connectivity index (χ3n) is 3.92. The number of tetrazole rings is 1. The standard InChI is InChI=1S/C19H18N8O2/c1-12(2)21-18(28)16-5-3-4-15(10-16)17-22-26-27(24-17)11-13-6-8-14(9-7-13)19(29)23-25-20/h3-10,12H,11H2,1-2H3,(H,21,28). The predicted molar refractivity (Wildman–Crippen MR) is 105 cm³/mol. The van der Waals surface area contributed by atoms with Gasteiger partial charge in [-0.25, -0.2) is 0 Å². The lowest BCUT2D eigenvalue weighted by atomic mass is 10.1. The van der Waals surface area contributed by atoms with Crippen molar-refractivity contribution in [2.24, 2.45) is 5.11 Å². The molecule has 1 N–H and O–H groups in total. The molecule has 0 unspecified atom stereocenters. The van der Waals surface area contributed by atoms with Crippen molar-refractivity contribution in [3.05, 3.63) is 75.7 Å². The summed E-state index contributed by atoms with van der Waals surface area (Å²) in [6, 6.07) is 13.6. The molecule has 0 radical (unpaired) electrons. The molecule has 0 bridgehead atoms. The second-order valence-electron chi connectivity index (χ2n) is 6.54. The molecule has 3 aromatic rings. The third kappa shape index (κ3) is 5.02. The van der Waals surface area contributed by atoms with Crippen LogP contribution in [-0.2, 0) is 6.54 Å². The Morgan fingerprint density at radius 3 is 2.62 bits per heavy atom. The highest BCUT2D eigenvalue weighted by Crippen LogP contribution is 2.16. The fourth-order valence-corrected chi connectivity index (χ4v) is 2.59. The quantitative estimate of drug-likeness (QED) is 0.391. The average molecular weight is 390 g/mol. The van der Waals surface area contributed by atoms with Crippen LogP contribution in [0.2, 0.25) is 0 Å². The van der Waals surface area contributed by atoms with E-state index in [4.69, 9.17) is 5.53 Å². The van der Waals surface area contributed by atoms with Gasteiger partial charge in [-0.05, 0) is 47.4 Å². The van der Waals surface area contributed by atoms with Gasteiger partial charge in [0.1, 0.15) is 0 Å². The molecule has 0 aliphatic rings. The fraction of sp³-hybridized carbons (Fsp3) is 0.211. The summed E-state index contributed by atoms with van der Waals surface area (Å²) in [6.45, 7) is 4.14. The van der Waals surface area contributed by atoms with Crippen molar-refractivity contribution in [3.63, 3.8) is 0 Å². The molecule has 3 rings (SSSR count). The molecule has 0 atom stereocenters. The molecule has 0 fully saturated rings. The van der Waals surface area contributed by atoms with Crippen LogP contribution in [0.3, 0.4) is 0 Å². The molecule has 0 spiro atoms. The Labute approximate surface area is 166 Å². The lowest BCUT2D eigenvalue weighted by Gasteiger charge is -2.08. The summed E-state index contributed by atoms with van der Waals surface area (Å²) < 4.78 is 0. The third-order valence-corrected chi connectivity index (χ3v) is 3.92. The molecule has 0 aliphatic carbocycles. The normalized spacial score (nSPS) is 10.4. The van der Waals surface area contributed by atoms with Crippen molar-refractivity contribution in [2.75, 3.05) is 0 Å². The number of hydrogen-bond acceptors (Lipinski definition) is 5. The first-order valence-electron chi connectivity index (χ1n) is 8.83. The van der Waals surface area contributed by atoms with E-state index >= 15 is 0 Å². The number of nitrogens with one attached hydrogen (secondary N) is 1. The topological polar surface area (TPSA) is 139 Å². The number of carbonyl (C=O) groups excluding carboxylic acids is 2. The molecule has 2 amide bonds. The van der Waals surface area contributed by atoms with E-state index in [1.54, 1.807) is 42.5 Å². The number of rotatable bonds is 6. The number of amides is 2. The van der Waals surface area contributed by atoms with Crippen molar-refractivity contribution in [2.45, 2.75) is 26.4 Å². The van der Waals surface area contributed by atoms with Crippen LogP contribution in [0.1, 0.15) is 40.1 Å². The summed E-state index contributed by atoms with van der Waals surface area (Å²) >= 11 is 0. The molecule has 0 saturated carbocycles. The Balaban J connectivity index is 1.73. The van der Waals surface area contributed by atoms with E-state index in [9.17, 15) is 9.59 Å². The van der Waals surface area contributed by atoms with Crippen LogP contribution in [-0.4, -0.2) is 38.1 Å². The Kier molecular flexibility index (Phi) is 5.96. The van der Waals surface area contributed by atoms with Gasteiger partial charge in [0.2, 0.25) is 11.7 Å². The first-order chi connectivity index (χ1) is 14.0. The van der Waals surface area contributed by atoms with E-state index in [2.05, 4.69) is 30.8 Å². The lowest BCUT2D eigenvalue weighted by molar-refractivity contribution is 0.0942. The number of hydrogen-bond donors (Lipinski definition) is 1. The SMILES string of the molecule is CC(C)NC(=O)c1cccc(-c2nnn(Cc3ccc(C(=O)N=[N+]=[N-])cc3)n2)c1. The van der Waals surface area contributed by atoms with Gasteiger partial charge in [0.05, 0.1) is 6.54 Å². The molecule has 29 heavy (non-hydrogen) atoms. The summed E-state index contributed by atoms with van der Waals surface area (Å²) in [5, 5.41) is 18.3. The first-order valence-corrected chi connectivity index (χ1v) is 8.83. The monoisotopic (exact) mass is 390 g/mol. The van der Waals surface area contributed by atoms with Gasteiger partial charge in [-0.15, -0.1) is 10.2 Å². The van der Waals surface area contributed by atoms with Crippen molar-refractivity contribution in [3.8, 4) is 11.4 Å². The van der Waals surface area contributed by atoms with E-state index in [0.717, 1.165) is 5.56 Å². The molecule has 146 valence electrons. The van der Waals surface area contributed by atoms with Crippen molar-refractivity contribution >= 4 is 11.8 Å². The summed E-state index contributed by atoms with van der Waals surface area (Å²) in [7, 11) is 0. The fourth-order valence-electron chi connectivity index (χ4n) is 2.59. The highest BCUT2D eigenvalue weighted by atomic mass is 16.2. The maximum atomic E-state index is 12.2. The molecule has 0 saturated heterocycles. The number of carbonyl (C=O) groups is 2. The Morgan fingerprint density at radius 1 is 1.17 bits per heavy atom. The second kappa shape index (κ2) is 8.77. The minimum absolute atomic E-state index is 0.0403. The maximum absolute atomic E-state index is 12.2. The highest BCUT2D eigenvalue weighted by molar-refractivity contribution is 5.95. The first kappa shape index (κ1) is 19.7. The van der Waals surface area contributed by atoms with Crippen LogP contribution in [0.25, 0.3) is 21.8 Å². The number of aromatic nitrogens is 4. The van der Waals surface area contributed by atoms with Gasteiger partial charge < -0.3 is 5.32 Å². The molecular weight excluding hydrogens is 372 g/mol. The van der Waals surface area contributed by atoms with Crippen LogP contribution < -0.4 is 5.32 Å². The number of azide groups is 1. The van der Waals surface area contributed by atoms with Crippen LogP contribution in [0.4, 0.5) is 0 Å². The van der Waals surface area contributed by atoms with Gasteiger partial charge in [-0.3, -0.25) is 9.59 Å². The van der Waals surface area contributed by atoms with Crippen molar-refractivity contribution in [1.82, 2.24) is 25.5 Å². The molecule has 10 heteroatoms. The average Bonchev–Trinajstić information content (AvgIpc) is 3.17. The largest absolute Gasteiger partial charge is 0.350 e. The maximum Gasteiger partial charge on any atom is 0.251 e. The van der Waals surface area contributed by atoms with Gasteiger partial charge in [0.25, 0.3) is 5.91 Å². The van der Waals surface area contributed by atoms with Gasteiger partial charge >= 0.3 is 0 Å². The van der Waals surface area contributed by atoms with Crippen LogP contribution >= 0.6 is 0 Å². The zero-order valence-corrected chi connectivity index (χ0v) is 15.9. The van der Waals surface area contributed by atoms with E-state index in [-0.39, 0.29) is 11.9 Å². The summed E-state index contributed by atoms with van der Waals surface area (Å²) in [5.74, 6) is -0.398. The van der Waals surface area contributed by atoms with E-state index in [0.29, 0.717) is 29.1 Å². The zero-order chi connectivity index (χ0) is 20.8. The number of benzene rings is 2. The van der Waals surface area contributed by atoms with Gasteiger partial charge in [0, 0.05) is 27.6 Å².